The molecule has 2 fully saturated rings. The van der Waals surface area contributed by atoms with Crippen LogP contribution >= 0.6 is 0 Å². The molecule has 6 N–H and O–H groups in total. The second-order valence-corrected chi connectivity index (χ2v) is 17.2. The Bertz CT molecular complexity index is 1130. The van der Waals surface area contributed by atoms with Crippen molar-refractivity contribution < 1.29 is 38.1 Å². The van der Waals surface area contributed by atoms with Gasteiger partial charge in [-0.25, -0.2) is 0 Å². The maximum absolute atomic E-state index is 13.6. The van der Waals surface area contributed by atoms with Gasteiger partial charge in [0, 0.05) is 37.6 Å². The number of ether oxygens (including phenoxy) is 4. The van der Waals surface area contributed by atoms with Crippen molar-refractivity contribution in [3.8, 4) is 0 Å². The maximum atomic E-state index is 13.6. The van der Waals surface area contributed by atoms with E-state index in [0.717, 1.165) is 38.5 Å². The van der Waals surface area contributed by atoms with Gasteiger partial charge in [-0.2, -0.15) is 0 Å². The topological polar surface area (TPSA) is 186 Å². The van der Waals surface area contributed by atoms with Gasteiger partial charge in [0.15, 0.2) is 0 Å². The van der Waals surface area contributed by atoms with Gasteiger partial charge in [0.1, 0.15) is 24.9 Å². The summed E-state index contributed by atoms with van der Waals surface area (Å²) in [6.07, 6.45) is 10.2. The van der Waals surface area contributed by atoms with E-state index >= 15 is 0 Å². The van der Waals surface area contributed by atoms with Crippen molar-refractivity contribution in [3.05, 3.63) is 0 Å². The van der Waals surface area contributed by atoms with E-state index in [1.807, 2.05) is 25.9 Å². The third-order valence-corrected chi connectivity index (χ3v) is 13.0. The molecule has 2 aliphatic rings. The molecule has 0 unspecified atom stereocenters. The summed E-state index contributed by atoms with van der Waals surface area (Å²) in [5.74, 6) is -0.176. The lowest BCUT2D eigenvalue weighted by Crippen LogP contribution is -2.48. The first-order chi connectivity index (χ1) is 25.6. The molecule has 54 heavy (non-hydrogen) atoms. The highest BCUT2D eigenvalue weighted by molar-refractivity contribution is 5.70. The van der Waals surface area contributed by atoms with Gasteiger partial charge in [0.05, 0.1) is 0 Å². The predicted molar refractivity (Wildman–Crippen MR) is 212 cm³/mol. The van der Waals surface area contributed by atoms with Crippen LogP contribution in [0.1, 0.15) is 144 Å². The molecule has 0 saturated heterocycles. The van der Waals surface area contributed by atoms with Crippen LogP contribution in [0, 0.1) is 34.5 Å². The minimum absolute atomic E-state index is 0.0333. The van der Waals surface area contributed by atoms with Gasteiger partial charge in [-0.3, -0.25) is 19.2 Å². The molecular formula is C42H78N4O8. The Labute approximate surface area is 327 Å². The predicted octanol–water partition coefficient (Wildman–Crippen LogP) is 5.90. The number of carbonyl (C=O) groups is 4. The molecule has 0 aliphatic heterocycles. The third-order valence-electron chi connectivity index (χ3n) is 13.0. The number of esters is 4. The van der Waals surface area contributed by atoms with E-state index in [1.54, 1.807) is 0 Å². The number of hydrogen-bond acceptors (Lipinski definition) is 12. The molecule has 0 aromatic heterocycles. The molecule has 0 radical (unpaired) electrons. The van der Waals surface area contributed by atoms with Crippen LogP contribution < -0.4 is 17.2 Å². The number of nitrogens with two attached hydrogens (primary N) is 3. The summed E-state index contributed by atoms with van der Waals surface area (Å²) >= 11 is 0. The molecule has 2 aliphatic carbocycles. The maximum Gasteiger partial charge on any atom is 0.306 e. The summed E-state index contributed by atoms with van der Waals surface area (Å²) in [6.45, 7) is 13.5. The van der Waals surface area contributed by atoms with E-state index in [-0.39, 0.29) is 77.7 Å². The Kier molecular flexibility index (Phi) is 21.6. The van der Waals surface area contributed by atoms with E-state index in [2.05, 4.69) is 27.7 Å². The molecule has 12 heteroatoms. The Balaban J connectivity index is 2.41. The van der Waals surface area contributed by atoms with Crippen LogP contribution in [0.2, 0.25) is 0 Å². The number of likely N-dealkylation sites (N-methyl/N-ethyl adjacent to an activating group) is 1. The molecule has 0 spiro atoms. The van der Waals surface area contributed by atoms with Crippen molar-refractivity contribution in [2.75, 3.05) is 46.9 Å². The van der Waals surface area contributed by atoms with Crippen molar-refractivity contribution in [1.29, 1.82) is 0 Å². The van der Waals surface area contributed by atoms with E-state index in [1.165, 1.54) is 0 Å². The Hall–Kier alpha value is -2.28. The third kappa shape index (κ3) is 15.3. The number of nitrogens with zero attached hydrogens (tertiary/aromatic N) is 1. The molecule has 0 bridgehead atoms. The van der Waals surface area contributed by atoms with Crippen LogP contribution in [0.3, 0.4) is 0 Å². The second-order valence-electron chi connectivity index (χ2n) is 17.2. The fourth-order valence-electron chi connectivity index (χ4n) is 9.00. The van der Waals surface area contributed by atoms with Gasteiger partial charge in [0.2, 0.25) is 0 Å². The highest BCUT2D eigenvalue weighted by Crippen LogP contribution is 2.58. The fourth-order valence-corrected chi connectivity index (χ4v) is 9.00. The van der Waals surface area contributed by atoms with Gasteiger partial charge in [0.25, 0.3) is 0 Å². The van der Waals surface area contributed by atoms with Crippen LogP contribution in [0.4, 0.5) is 0 Å². The first kappa shape index (κ1) is 47.9. The van der Waals surface area contributed by atoms with Gasteiger partial charge in [-0.15, -0.1) is 0 Å². The zero-order valence-corrected chi connectivity index (χ0v) is 35.0. The summed E-state index contributed by atoms with van der Waals surface area (Å²) in [7, 11) is 3.90. The summed E-state index contributed by atoms with van der Waals surface area (Å²) < 4.78 is 24.0. The Morgan fingerprint density at radius 1 is 0.778 bits per heavy atom. The first-order valence-electron chi connectivity index (χ1n) is 21.1. The molecule has 12 nitrogen and oxygen atoms in total. The Morgan fingerprint density at radius 3 is 1.91 bits per heavy atom. The molecule has 0 aromatic carbocycles. The molecule has 2 saturated carbocycles. The SMILES string of the molecule is CC[C@H](C[C@@H]1CC[C@H]([C@H](C)CCC(=O)OCCN(C)C)[C@@]1(C)[C@H](C[C@@H](C)[C@]1(C)CC[C@H](OC(=O)CCCN)CC1)OC(=O)CCCN)OC(=O)CCCN. The zero-order chi connectivity index (χ0) is 40.3. The van der Waals surface area contributed by atoms with Crippen LogP contribution in [0.5, 0.6) is 0 Å². The summed E-state index contributed by atoms with van der Waals surface area (Å²) in [5.41, 5.74) is 16.6. The average Bonchev–Trinajstić information content (AvgIpc) is 3.47. The number of carbonyl (C=O) groups excluding carboxylic acids is 4. The molecule has 0 amide bonds. The van der Waals surface area contributed by atoms with Crippen molar-refractivity contribution in [3.63, 3.8) is 0 Å². The number of rotatable bonds is 26. The van der Waals surface area contributed by atoms with Gasteiger partial charge in [-0.05, 0) is 146 Å². The van der Waals surface area contributed by atoms with E-state index in [0.29, 0.717) is 97.0 Å². The van der Waals surface area contributed by atoms with Crippen molar-refractivity contribution >= 4 is 23.9 Å². The summed E-state index contributed by atoms with van der Waals surface area (Å²) in [5, 5.41) is 0. The van der Waals surface area contributed by atoms with Crippen LogP contribution in [-0.4, -0.2) is 94.0 Å². The summed E-state index contributed by atoms with van der Waals surface area (Å²) in [6, 6.07) is 0. The van der Waals surface area contributed by atoms with Crippen molar-refractivity contribution in [1.82, 2.24) is 4.90 Å². The zero-order valence-electron chi connectivity index (χ0n) is 35.0. The molecule has 2 rings (SSSR count). The van der Waals surface area contributed by atoms with Crippen LogP contribution in [0.15, 0.2) is 0 Å². The van der Waals surface area contributed by atoms with E-state index in [4.69, 9.17) is 36.1 Å². The highest BCUT2D eigenvalue weighted by atomic mass is 16.6. The van der Waals surface area contributed by atoms with Crippen LogP contribution in [0.25, 0.3) is 0 Å². The van der Waals surface area contributed by atoms with E-state index in [9.17, 15) is 19.2 Å². The normalized spacial score (nSPS) is 26.5. The monoisotopic (exact) mass is 767 g/mol. The van der Waals surface area contributed by atoms with Gasteiger partial charge >= 0.3 is 23.9 Å². The molecule has 0 heterocycles. The standard InChI is InChI=1S/C42H78N4O8/c1-8-33(52-38(48)12-9-23-43)29-32-16-17-35(30(2)15-18-37(47)51-27-26-46(6)7)42(32,5)36(54-40(50)14-11-25-45)28-31(3)41(4)21-19-34(20-22-41)53-39(49)13-10-24-44/h30-36H,8-29,43-45H2,1-7H3/t30-,31-,32+,33-,34-,35-,36+,41+,42+/m1/s1. The lowest BCUT2D eigenvalue weighted by atomic mass is 9.59. The van der Waals surface area contributed by atoms with Crippen molar-refractivity contribution in [2.45, 2.75) is 162 Å². The minimum atomic E-state index is -0.440. The Morgan fingerprint density at radius 2 is 1.35 bits per heavy atom. The minimum Gasteiger partial charge on any atom is -0.464 e. The smallest absolute Gasteiger partial charge is 0.306 e. The number of hydrogen-bond donors (Lipinski definition) is 3. The quantitative estimate of drug-likeness (QED) is 0.0701. The second kappa shape index (κ2) is 24.4. The fraction of sp³-hybridized carbons (Fsp3) is 0.905. The lowest BCUT2D eigenvalue weighted by molar-refractivity contribution is -0.167. The molecular weight excluding hydrogens is 688 g/mol. The molecule has 314 valence electrons. The largest absolute Gasteiger partial charge is 0.464 e. The van der Waals surface area contributed by atoms with Gasteiger partial charge in [-0.1, -0.05) is 34.6 Å². The van der Waals surface area contributed by atoms with Crippen LogP contribution in [-0.2, 0) is 38.1 Å². The highest BCUT2D eigenvalue weighted by Gasteiger charge is 2.55. The lowest BCUT2D eigenvalue weighted by Gasteiger charge is -2.49. The molecule has 0 aromatic rings. The van der Waals surface area contributed by atoms with Gasteiger partial charge < -0.3 is 41.0 Å². The average molecular weight is 767 g/mol. The molecule has 7 atom stereocenters. The first-order valence-corrected chi connectivity index (χ1v) is 21.1. The van der Waals surface area contributed by atoms with E-state index < -0.39 is 5.41 Å². The summed E-state index contributed by atoms with van der Waals surface area (Å²) in [4.78, 5) is 53.5. The van der Waals surface area contributed by atoms with Crippen molar-refractivity contribution in [2.24, 2.45) is 51.7 Å².